The lowest BCUT2D eigenvalue weighted by Crippen LogP contribution is -2.34. The number of nitrogens with one attached hydrogen (secondary N) is 1. The third-order valence-corrected chi connectivity index (χ3v) is 3.40. The fraction of sp³-hybridized carbons (Fsp3) is 0.357. The van der Waals surface area contributed by atoms with E-state index in [1.54, 1.807) is 17.0 Å². The number of carbonyl (C=O) groups excluding carboxylic acids is 1. The second-order valence-electron chi connectivity index (χ2n) is 4.89. The van der Waals surface area contributed by atoms with E-state index in [9.17, 15) is 9.18 Å². The van der Waals surface area contributed by atoms with Crippen molar-refractivity contribution in [2.45, 2.75) is 6.42 Å². The first-order chi connectivity index (χ1) is 10.2. The van der Waals surface area contributed by atoms with Crippen LogP contribution in [0.25, 0.3) is 5.69 Å². The normalized spacial score (nSPS) is 15.0. The summed E-state index contributed by atoms with van der Waals surface area (Å²) >= 11 is 0. The van der Waals surface area contributed by atoms with Crippen molar-refractivity contribution in [3.8, 4) is 5.69 Å². The molecular weight excluding hydrogens is 309 g/mol. The van der Waals surface area contributed by atoms with Crippen molar-refractivity contribution < 1.29 is 9.18 Å². The number of aromatic nitrogens is 3. The molecule has 8 heteroatoms. The predicted octanol–water partition coefficient (Wildman–Crippen LogP) is 1.26. The Balaban J connectivity index is 0.00000176. The van der Waals surface area contributed by atoms with Gasteiger partial charge in [-0.1, -0.05) is 0 Å². The molecule has 1 aromatic carbocycles. The highest BCUT2D eigenvalue weighted by Crippen LogP contribution is 2.09. The van der Waals surface area contributed by atoms with Crippen LogP contribution < -0.4 is 5.32 Å². The Morgan fingerprint density at radius 3 is 2.73 bits per heavy atom. The lowest BCUT2D eigenvalue weighted by molar-refractivity contribution is 0.0760. The van der Waals surface area contributed by atoms with Crippen LogP contribution in [0.3, 0.4) is 0 Å². The molecule has 0 unspecified atom stereocenters. The smallest absolute Gasteiger partial charge is 0.276 e. The van der Waals surface area contributed by atoms with Gasteiger partial charge in [-0.2, -0.15) is 9.90 Å². The monoisotopic (exact) mass is 325 g/mol. The van der Waals surface area contributed by atoms with Crippen molar-refractivity contribution in [1.82, 2.24) is 25.2 Å². The highest BCUT2D eigenvalue weighted by molar-refractivity contribution is 5.92. The van der Waals surface area contributed by atoms with Crippen molar-refractivity contribution in [2.75, 3.05) is 26.2 Å². The molecule has 0 saturated carbocycles. The summed E-state index contributed by atoms with van der Waals surface area (Å²) in [6.07, 6.45) is 2.38. The van der Waals surface area contributed by atoms with E-state index < -0.39 is 0 Å². The van der Waals surface area contributed by atoms with Gasteiger partial charge in [-0.25, -0.2) is 4.39 Å². The highest BCUT2D eigenvalue weighted by Gasteiger charge is 2.20. The molecule has 1 aromatic heterocycles. The van der Waals surface area contributed by atoms with Gasteiger partial charge in [-0.3, -0.25) is 4.79 Å². The summed E-state index contributed by atoms with van der Waals surface area (Å²) in [7, 11) is 0. The van der Waals surface area contributed by atoms with Gasteiger partial charge in [0.05, 0.1) is 11.9 Å². The SMILES string of the molecule is Cl.O=C(c1cnn(-c2ccc(F)cc2)n1)N1CCCNCC1. The molecule has 2 heterocycles. The zero-order chi connectivity index (χ0) is 14.7. The minimum absolute atomic E-state index is 0. The molecule has 1 saturated heterocycles. The van der Waals surface area contributed by atoms with Crippen LogP contribution in [0.2, 0.25) is 0 Å². The van der Waals surface area contributed by atoms with Crippen LogP contribution in [0.4, 0.5) is 4.39 Å². The molecule has 0 radical (unpaired) electrons. The van der Waals surface area contributed by atoms with Gasteiger partial charge in [0.2, 0.25) is 0 Å². The van der Waals surface area contributed by atoms with Crippen molar-refractivity contribution in [1.29, 1.82) is 0 Å². The van der Waals surface area contributed by atoms with Gasteiger partial charge in [-0.15, -0.1) is 17.5 Å². The molecule has 3 rings (SSSR count). The van der Waals surface area contributed by atoms with E-state index in [2.05, 4.69) is 15.5 Å². The quantitative estimate of drug-likeness (QED) is 0.903. The van der Waals surface area contributed by atoms with E-state index in [-0.39, 0.29) is 24.1 Å². The van der Waals surface area contributed by atoms with Gasteiger partial charge in [0, 0.05) is 19.6 Å². The number of rotatable bonds is 2. The summed E-state index contributed by atoms with van der Waals surface area (Å²) < 4.78 is 12.9. The molecule has 0 spiro atoms. The van der Waals surface area contributed by atoms with E-state index in [1.807, 2.05) is 0 Å². The van der Waals surface area contributed by atoms with Crippen LogP contribution in [-0.4, -0.2) is 52.0 Å². The van der Waals surface area contributed by atoms with Gasteiger partial charge < -0.3 is 10.2 Å². The molecule has 1 aliphatic rings. The molecule has 2 aromatic rings. The number of carbonyl (C=O) groups is 1. The van der Waals surface area contributed by atoms with E-state index in [1.165, 1.54) is 23.1 Å². The number of hydrogen-bond donors (Lipinski definition) is 1. The summed E-state index contributed by atoms with van der Waals surface area (Å²) in [6, 6.07) is 5.81. The van der Waals surface area contributed by atoms with Gasteiger partial charge in [0.15, 0.2) is 5.69 Å². The summed E-state index contributed by atoms with van der Waals surface area (Å²) in [6.45, 7) is 3.10. The number of benzene rings is 1. The average molecular weight is 326 g/mol. The molecule has 1 aliphatic heterocycles. The van der Waals surface area contributed by atoms with Crippen LogP contribution >= 0.6 is 12.4 Å². The first-order valence-corrected chi connectivity index (χ1v) is 6.92. The minimum Gasteiger partial charge on any atom is -0.336 e. The first-order valence-electron chi connectivity index (χ1n) is 6.92. The van der Waals surface area contributed by atoms with Crippen LogP contribution in [0.15, 0.2) is 30.5 Å². The fourth-order valence-corrected chi connectivity index (χ4v) is 2.27. The maximum Gasteiger partial charge on any atom is 0.276 e. The highest BCUT2D eigenvalue weighted by atomic mass is 35.5. The summed E-state index contributed by atoms with van der Waals surface area (Å²) in [5, 5.41) is 11.5. The zero-order valence-corrected chi connectivity index (χ0v) is 12.7. The maximum atomic E-state index is 12.9. The van der Waals surface area contributed by atoms with Gasteiger partial charge in [-0.05, 0) is 37.2 Å². The number of hydrogen-bond acceptors (Lipinski definition) is 4. The Kier molecular flexibility index (Phi) is 5.46. The van der Waals surface area contributed by atoms with Crippen molar-refractivity contribution >= 4 is 18.3 Å². The third-order valence-electron chi connectivity index (χ3n) is 3.40. The summed E-state index contributed by atoms with van der Waals surface area (Å²) in [4.78, 5) is 15.5. The molecule has 0 bridgehead atoms. The third kappa shape index (κ3) is 3.61. The number of nitrogens with zero attached hydrogens (tertiary/aromatic N) is 4. The number of halogens is 2. The molecule has 1 N–H and O–H groups in total. The summed E-state index contributed by atoms with van der Waals surface area (Å²) in [5.41, 5.74) is 0.925. The van der Waals surface area contributed by atoms with Gasteiger partial charge in [0.25, 0.3) is 5.91 Å². The molecule has 0 atom stereocenters. The fourth-order valence-electron chi connectivity index (χ4n) is 2.27. The predicted molar refractivity (Wildman–Crippen MR) is 82.0 cm³/mol. The van der Waals surface area contributed by atoms with Gasteiger partial charge >= 0.3 is 0 Å². The Hall–Kier alpha value is -1.99. The Morgan fingerprint density at radius 2 is 1.95 bits per heavy atom. The van der Waals surface area contributed by atoms with E-state index in [4.69, 9.17) is 0 Å². The number of amides is 1. The van der Waals surface area contributed by atoms with E-state index in [0.29, 0.717) is 17.9 Å². The molecule has 0 aliphatic carbocycles. The van der Waals surface area contributed by atoms with Crippen molar-refractivity contribution in [2.24, 2.45) is 0 Å². The van der Waals surface area contributed by atoms with E-state index in [0.717, 1.165) is 26.1 Å². The molecule has 22 heavy (non-hydrogen) atoms. The van der Waals surface area contributed by atoms with Gasteiger partial charge in [0.1, 0.15) is 5.82 Å². The largest absolute Gasteiger partial charge is 0.336 e. The Bertz CT molecular complexity index is 622. The van der Waals surface area contributed by atoms with Crippen molar-refractivity contribution in [3.63, 3.8) is 0 Å². The summed E-state index contributed by atoms with van der Waals surface area (Å²) in [5.74, 6) is -0.439. The molecule has 1 fully saturated rings. The standard InChI is InChI=1S/C14H16FN5O.ClH/c15-11-2-4-12(5-3-11)20-17-10-13(18-20)14(21)19-8-1-6-16-7-9-19;/h2-5,10,16H,1,6-9H2;1H. The van der Waals surface area contributed by atoms with Crippen LogP contribution in [0, 0.1) is 5.82 Å². The Labute approximate surface area is 133 Å². The lowest BCUT2D eigenvalue weighted by atomic mass is 10.3. The molecule has 118 valence electrons. The molecule has 6 nitrogen and oxygen atoms in total. The average Bonchev–Trinajstić information content (AvgIpc) is 2.83. The minimum atomic E-state index is -0.320. The van der Waals surface area contributed by atoms with Crippen molar-refractivity contribution in [3.05, 3.63) is 42.0 Å². The first kappa shape index (κ1) is 16.4. The molecular formula is C14H17ClFN5O. The van der Waals surface area contributed by atoms with E-state index >= 15 is 0 Å². The van der Waals surface area contributed by atoms with Crippen LogP contribution in [-0.2, 0) is 0 Å². The van der Waals surface area contributed by atoms with Crippen LogP contribution in [0.1, 0.15) is 16.9 Å². The maximum absolute atomic E-state index is 12.9. The second-order valence-corrected chi connectivity index (χ2v) is 4.89. The Morgan fingerprint density at radius 1 is 1.18 bits per heavy atom. The lowest BCUT2D eigenvalue weighted by Gasteiger charge is -2.18. The topological polar surface area (TPSA) is 63.1 Å². The zero-order valence-electron chi connectivity index (χ0n) is 11.9. The molecule has 1 amide bonds. The second kappa shape index (κ2) is 7.33. The van der Waals surface area contributed by atoms with Crippen LogP contribution in [0.5, 0.6) is 0 Å².